The van der Waals surface area contributed by atoms with E-state index in [4.69, 9.17) is 16.3 Å². The van der Waals surface area contributed by atoms with Crippen molar-refractivity contribution < 1.29 is 14.3 Å². The van der Waals surface area contributed by atoms with Gasteiger partial charge in [0.1, 0.15) is 6.10 Å². The summed E-state index contributed by atoms with van der Waals surface area (Å²) in [5, 5.41) is 3.23. The summed E-state index contributed by atoms with van der Waals surface area (Å²) in [6, 6.07) is 7.05. The standard InChI is InChI=1S/C13H15ClN2O3/c1-16-8-9(19-13(16)18)6-7-12(17)15-11-5-3-2-4-10(11)14/h2-5,9H,6-8H2,1H3,(H,15,17). The van der Waals surface area contributed by atoms with Crippen molar-refractivity contribution in [1.82, 2.24) is 4.90 Å². The Balaban J connectivity index is 1.80. The number of nitrogens with zero attached hydrogens (tertiary/aromatic N) is 1. The largest absolute Gasteiger partial charge is 0.444 e. The van der Waals surface area contributed by atoms with E-state index in [1.807, 2.05) is 0 Å². The van der Waals surface area contributed by atoms with E-state index in [2.05, 4.69) is 5.32 Å². The molecular formula is C13H15ClN2O3. The average molecular weight is 283 g/mol. The van der Waals surface area contributed by atoms with Crippen LogP contribution in [0.15, 0.2) is 24.3 Å². The first kappa shape index (κ1) is 13.7. The Morgan fingerprint density at radius 1 is 1.53 bits per heavy atom. The van der Waals surface area contributed by atoms with Crippen molar-refractivity contribution in [3.8, 4) is 0 Å². The van der Waals surface area contributed by atoms with Gasteiger partial charge in [-0.1, -0.05) is 23.7 Å². The molecule has 1 unspecified atom stereocenters. The van der Waals surface area contributed by atoms with Gasteiger partial charge >= 0.3 is 6.09 Å². The second-order valence-electron chi connectivity index (χ2n) is 4.45. The lowest BCUT2D eigenvalue weighted by molar-refractivity contribution is -0.116. The van der Waals surface area contributed by atoms with Gasteiger partial charge in [-0.05, 0) is 18.6 Å². The van der Waals surface area contributed by atoms with E-state index in [1.165, 1.54) is 4.90 Å². The van der Waals surface area contributed by atoms with Gasteiger partial charge in [0.2, 0.25) is 5.91 Å². The normalized spacial score (nSPS) is 18.3. The first-order valence-corrected chi connectivity index (χ1v) is 6.40. The molecule has 0 bridgehead atoms. The number of amides is 2. The fourth-order valence-corrected chi connectivity index (χ4v) is 2.05. The molecule has 6 heteroatoms. The van der Waals surface area contributed by atoms with E-state index in [1.54, 1.807) is 31.3 Å². The van der Waals surface area contributed by atoms with Gasteiger partial charge in [-0.3, -0.25) is 4.79 Å². The summed E-state index contributed by atoms with van der Waals surface area (Å²) in [6.45, 7) is 0.526. The highest BCUT2D eigenvalue weighted by molar-refractivity contribution is 6.33. The molecule has 19 heavy (non-hydrogen) atoms. The van der Waals surface area contributed by atoms with Crippen LogP contribution in [0.1, 0.15) is 12.8 Å². The molecular weight excluding hydrogens is 268 g/mol. The summed E-state index contributed by atoms with van der Waals surface area (Å²) in [4.78, 5) is 24.4. The van der Waals surface area contributed by atoms with Gasteiger partial charge in [0.15, 0.2) is 0 Å². The molecule has 1 heterocycles. The highest BCUT2D eigenvalue weighted by Crippen LogP contribution is 2.21. The molecule has 1 fully saturated rings. The Morgan fingerprint density at radius 2 is 2.26 bits per heavy atom. The zero-order valence-electron chi connectivity index (χ0n) is 10.6. The Morgan fingerprint density at radius 3 is 2.89 bits per heavy atom. The third kappa shape index (κ3) is 3.61. The molecule has 0 spiro atoms. The smallest absolute Gasteiger partial charge is 0.409 e. The molecule has 0 aliphatic carbocycles. The van der Waals surface area contributed by atoms with Crippen LogP contribution in [0, 0.1) is 0 Å². The number of cyclic esters (lactones) is 1. The number of hydrogen-bond acceptors (Lipinski definition) is 3. The van der Waals surface area contributed by atoms with E-state index in [9.17, 15) is 9.59 Å². The van der Waals surface area contributed by atoms with Crippen LogP contribution in [0.2, 0.25) is 5.02 Å². The van der Waals surface area contributed by atoms with Crippen molar-refractivity contribution in [2.75, 3.05) is 18.9 Å². The number of hydrogen-bond donors (Lipinski definition) is 1. The number of nitrogens with one attached hydrogen (secondary N) is 1. The number of rotatable bonds is 4. The number of anilines is 1. The summed E-state index contributed by atoms with van der Waals surface area (Å²) in [7, 11) is 1.67. The van der Waals surface area contributed by atoms with Gasteiger partial charge in [0.05, 0.1) is 17.3 Å². The monoisotopic (exact) mass is 282 g/mol. The first-order chi connectivity index (χ1) is 9.06. The summed E-state index contributed by atoms with van der Waals surface area (Å²) < 4.78 is 5.08. The van der Waals surface area contributed by atoms with E-state index >= 15 is 0 Å². The minimum absolute atomic E-state index is 0.140. The second kappa shape index (κ2) is 5.93. The Labute approximate surface area is 116 Å². The maximum Gasteiger partial charge on any atom is 0.409 e. The van der Waals surface area contributed by atoms with Gasteiger partial charge in [-0.25, -0.2) is 4.79 Å². The van der Waals surface area contributed by atoms with E-state index in [-0.39, 0.29) is 24.5 Å². The summed E-state index contributed by atoms with van der Waals surface area (Å²) in [5.74, 6) is -0.140. The minimum atomic E-state index is -0.337. The predicted octanol–water partition coefficient (Wildman–Crippen LogP) is 2.51. The van der Waals surface area contributed by atoms with Crippen molar-refractivity contribution in [1.29, 1.82) is 0 Å². The van der Waals surface area contributed by atoms with Gasteiger partial charge in [0.25, 0.3) is 0 Å². The van der Waals surface area contributed by atoms with Gasteiger partial charge in [0, 0.05) is 13.5 Å². The Bertz CT molecular complexity index is 493. The molecule has 102 valence electrons. The maximum absolute atomic E-state index is 11.8. The van der Waals surface area contributed by atoms with Crippen LogP contribution in [0.25, 0.3) is 0 Å². The third-order valence-corrected chi connectivity index (χ3v) is 3.23. The van der Waals surface area contributed by atoms with Crippen LogP contribution < -0.4 is 5.32 Å². The summed E-state index contributed by atoms with van der Waals surface area (Å²) in [6.07, 6.45) is 0.245. The van der Waals surface area contributed by atoms with E-state index < -0.39 is 0 Å². The number of carbonyl (C=O) groups excluding carboxylic acids is 2. The molecule has 1 atom stereocenters. The third-order valence-electron chi connectivity index (χ3n) is 2.90. The number of carbonyl (C=O) groups is 2. The second-order valence-corrected chi connectivity index (χ2v) is 4.86. The lowest BCUT2D eigenvalue weighted by Crippen LogP contribution is -2.20. The van der Waals surface area contributed by atoms with Crippen LogP contribution in [0.3, 0.4) is 0 Å². The van der Waals surface area contributed by atoms with Crippen molar-refractivity contribution in [2.45, 2.75) is 18.9 Å². The SMILES string of the molecule is CN1CC(CCC(=O)Nc2ccccc2Cl)OC1=O. The van der Waals surface area contributed by atoms with Crippen LogP contribution in [-0.2, 0) is 9.53 Å². The summed E-state index contributed by atoms with van der Waals surface area (Å²) in [5.41, 5.74) is 0.592. The predicted molar refractivity (Wildman–Crippen MR) is 72.2 cm³/mol. The molecule has 0 saturated carbocycles. The van der Waals surface area contributed by atoms with Crippen LogP contribution in [0.5, 0.6) is 0 Å². The highest BCUT2D eigenvalue weighted by Gasteiger charge is 2.28. The number of ether oxygens (including phenoxy) is 1. The van der Waals surface area contributed by atoms with E-state index in [0.717, 1.165) is 0 Å². The fourth-order valence-electron chi connectivity index (χ4n) is 1.87. The minimum Gasteiger partial charge on any atom is -0.444 e. The number of benzene rings is 1. The molecule has 2 rings (SSSR count). The maximum atomic E-state index is 11.8. The Hall–Kier alpha value is -1.75. The lowest BCUT2D eigenvalue weighted by Gasteiger charge is -2.09. The molecule has 1 saturated heterocycles. The molecule has 1 aromatic rings. The molecule has 0 radical (unpaired) electrons. The zero-order valence-corrected chi connectivity index (χ0v) is 11.3. The quantitative estimate of drug-likeness (QED) is 0.923. The summed E-state index contributed by atoms with van der Waals surface area (Å²) >= 11 is 5.94. The zero-order chi connectivity index (χ0) is 13.8. The van der Waals surface area contributed by atoms with Crippen molar-refractivity contribution >= 4 is 29.3 Å². The van der Waals surface area contributed by atoms with Gasteiger partial charge in [-0.15, -0.1) is 0 Å². The molecule has 5 nitrogen and oxygen atoms in total. The van der Waals surface area contributed by atoms with Crippen LogP contribution in [-0.4, -0.2) is 36.6 Å². The topological polar surface area (TPSA) is 58.6 Å². The van der Waals surface area contributed by atoms with Gasteiger partial charge < -0.3 is 15.0 Å². The molecule has 2 amide bonds. The van der Waals surface area contributed by atoms with Crippen molar-refractivity contribution in [3.05, 3.63) is 29.3 Å². The van der Waals surface area contributed by atoms with Crippen LogP contribution in [0.4, 0.5) is 10.5 Å². The van der Waals surface area contributed by atoms with Gasteiger partial charge in [-0.2, -0.15) is 0 Å². The average Bonchev–Trinajstić information content (AvgIpc) is 2.69. The van der Waals surface area contributed by atoms with Crippen LogP contribution >= 0.6 is 11.6 Å². The van der Waals surface area contributed by atoms with E-state index in [0.29, 0.717) is 23.7 Å². The molecule has 1 aromatic carbocycles. The fraction of sp³-hybridized carbons (Fsp3) is 0.385. The van der Waals surface area contributed by atoms with Crippen molar-refractivity contribution in [3.63, 3.8) is 0 Å². The highest BCUT2D eigenvalue weighted by atomic mass is 35.5. The molecule has 1 aliphatic rings. The lowest BCUT2D eigenvalue weighted by atomic mass is 10.2. The first-order valence-electron chi connectivity index (χ1n) is 6.02. The number of para-hydroxylation sites is 1. The van der Waals surface area contributed by atoms with Crippen molar-refractivity contribution in [2.24, 2.45) is 0 Å². The Kier molecular flexibility index (Phi) is 4.27. The molecule has 1 aliphatic heterocycles. The number of halogens is 1. The number of likely N-dealkylation sites (N-methyl/N-ethyl adjacent to an activating group) is 1. The molecule has 1 N–H and O–H groups in total. The molecule has 0 aromatic heterocycles.